The maximum atomic E-state index is 5.16. The molecule has 9 nitrogen and oxygen atoms in total. The van der Waals surface area contributed by atoms with E-state index in [2.05, 4.69) is 386 Å². The van der Waals surface area contributed by atoms with Crippen molar-refractivity contribution >= 4 is 63.0 Å². The molecule has 2 aliphatic carbocycles. The second kappa shape index (κ2) is 38.0. The summed E-state index contributed by atoms with van der Waals surface area (Å²) < 4.78 is 5.20. The van der Waals surface area contributed by atoms with Crippen LogP contribution in [0.5, 0.6) is 0 Å². The van der Waals surface area contributed by atoms with Crippen LogP contribution in [0.2, 0.25) is 0 Å². The predicted octanol–water partition coefficient (Wildman–Crippen LogP) is 35.6. The number of rotatable bonds is 16. The molecule has 0 radical (unpaired) electrons. The van der Waals surface area contributed by atoms with E-state index in [0.29, 0.717) is 52.4 Å². The molecule has 0 spiro atoms. The van der Waals surface area contributed by atoms with E-state index in [1.165, 1.54) is 140 Å². The molecule has 27 rings (SSSR count). The third-order valence-electron chi connectivity index (χ3n) is 28.4. The topological polar surface area (TPSA) is 116 Å². The Balaban J connectivity index is 0.000000115. The van der Waals surface area contributed by atoms with Gasteiger partial charge in [0, 0.05) is 101 Å². The number of nitrogens with zero attached hydrogens (tertiary/aromatic N) is 9. The van der Waals surface area contributed by atoms with Crippen LogP contribution in [-0.2, 0) is 10.8 Å². The lowest BCUT2D eigenvalue weighted by atomic mass is 9.81. The van der Waals surface area contributed by atoms with Crippen molar-refractivity contribution in [3.8, 4) is 203 Å². The molecule has 0 fully saturated rings. The highest BCUT2D eigenvalue weighted by Gasteiger charge is 2.38. The highest BCUT2D eigenvalue weighted by atomic mass is 32.1. The van der Waals surface area contributed by atoms with Crippen LogP contribution in [0.1, 0.15) is 49.9 Å². The highest BCUT2D eigenvalue weighted by Crippen LogP contribution is 2.54. The van der Waals surface area contributed by atoms with Crippen molar-refractivity contribution in [2.45, 2.75) is 38.5 Å². The molecule has 0 unspecified atom stereocenters. The lowest BCUT2D eigenvalue weighted by Crippen LogP contribution is -2.15. The van der Waals surface area contributed by atoms with E-state index in [1.807, 2.05) is 156 Å². The van der Waals surface area contributed by atoms with Crippen LogP contribution in [0.4, 0.5) is 0 Å². The molecule has 2 aliphatic rings. The number of hydrogen-bond acceptors (Lipinski definition) is 11. The lowest BCUT2D eigenvalue weighted by Gasteiger charge is -2.22. The quantitative estimate of drug-likeness (QED) is 0.0932. The lowest BCUT2D eigenvalue weighted by molar-refractivity contribution is 0.660. The monoisotopic (exact) mass is 1900 g/mol. The minimum absolute atomic E-state index is 0.105. The summed E-state index contributed by atoms with van der Waals surface area (Å²) in [6, 6.07) is 173. The van der Waals surface area contributed by atoms with Gasteiger partial charge < -0.3 is 0 Å². The highest BCUT2D eigenvalue weighted by molar-refractivity contribution is 7.27. The molecular formula is C135H93N9S2. The zero-order valence-electron chi connectivity index (χ0n) is 80.6. The fourth-order valence-corrected chi connectivity index (χ4v) is 23.7. The smallest absolute Gasteiger partial charge is 0.164 e. The van der Waals surface area contributed by atoms with E-state index in [0.717, 1.165) is 72.3 Å². The van der Waals surface area contributed by atoms with Gasteiger partial charge in [-0.15, -0.1) is 22.7 Å². The van der Waals surface area contributed by atoms with Crippen LogP contribution in [0.15, 0.2) is 491 Å². The second-order valence-corrected chi connectivity index (χ2v) is 40.2. The number of thiophene rings is 2. The normalized spacial score (nSPS) is 12.4. The van der Waals surface area contributed by atoms with Gasteiger partial charge in [0.1, 0.15) is 0 Å². The van der Waals surface area contributed by atoms with E-state index in [-0.39, 0.29) is 10.8 Å². The minimum atomic E-state index is -0.105. The third-order valence-corrected chi connectivity index (χ3v) is 31.0. The Morgan fingerprint density at radius 3 is 0.664 bits per heavy atom. The SMILES string of the molecule is CC1(C)c2ccccc2-c2ccc(-c3cc(-c4ccc5c(c4)C(C)(C)c4ccccc4-5)cc(-c4nc(-c5ccccc5)nc(-c5ccccc5)n4)c3)cc21.c1ccc(-c2ccc(-c3nc(-c4ccccc4)nc(-c4cccc(-c5cccc6c5sc5c(-c7ccccc7)cccc56)c4)n3)cc2)cc1.c1ccc(-c2nc(-c3ccccc3)nc(-c3ccc(-c4cccc5c4sc4c(-c6ccccc6)cccc45)cc3)n2)cc1. The second-order valence-electron chi connectivity index (χ2n) is 38.2. The fourth-order valence-electron chi connectivity index (χ4n) is 20.9. The molecule has 5 aromatic heterocycles. The van der Waals surface area contributed by atoms with Gasteiger partial charge in [0.05, 0.1) is 0 Å². The van der Waals surface area contributed by atoms with Gasteiger partial charge in [-0.3, -0.25) is 0 Å². The summed E-state index contributed by atoms with van der Waals surface area (Å²) in [4.78, 5) is 45.0. The predicted molar refractivity (Wildman–Crippen MR) is 607 cm³/mol. The molecule has 20 aromatic carbocycles. The average molecular weight is 1910 g/mol. The molecule has 11 heteroatoms. The Bertz CT molecular complexity index is 9000. The molecule has 25 aromatic rings. The molecule has 146 heavy (non-hydrogen) atoms. The van der Waals surface area contributed by atoms with Crippen LogP contribution < -0.4 is 0 Å². The van der Waals surface area contributed by atoms with Gasteiger partial charge >= 0.3 is 0 Å². The van der Waals surface area contributed by atoms with E-state index in [9.17, 15) is 0 Å². The van der Waals surface area contributed by atoms with Crippen LogP contribution in [0.3, 0.4) is 0 Å². The van der Waals surface area contributed by atoms with Gasteiger partial charge in [0.25, 0.3) is 0 Å². The van der Waals surface area contributed by atoms with Crippen molar-refractivity contribution < 1.29 is 0 Å². The summed E-state index contributed by atoms with van der Waals surface area (Å²) in [6.07, 6.45) is 0. The molecule has 0 bridgehead atoms. The number of aromatic nitrogens is 9. The van der Waals surface area contributed by atoms with Crippen LogP contribution in [0, 0.1) is 0 Å². The summed E-state index contributed by atoms with van der Waals surface area (Å²) >= 11 is 3.74. The number of hydrogen-bond donors (Lipinski definition) is 0. The molecule has 5 heterocycles. The zero-order chi connectivity index (χ0) is 97.8. The van der Waals surface area contributed by atoms with Gasteiger partial charge in [-0.1, -0.05) is 483 Å². The van der Waals surface area contributed by atoms with Gasteiger partial charge in [0.2, 0.25) is 0 Å². The first-order valence-corrected chi connectivity index (χ1v) is 51.1. The maximum absolute atomic E-state index is 5.16. The number of benzene rings is 20. The minimum Gasteiger partial charge on any atom is -0.208 e. The number of fused-ring (bicyclic) bond motifs is 12. The van der Waals surface area contributed by atoms with E-state index < -0.39 is 0 Å². The molecular weight excluding hydrogens is 1810 g/mol. The Hall–Kier alpha value is -18.1. The molecule has 0 saturated carbocycles. The molecule has 0 amide bonds. The molecule has 0 N–H and O–H groups in total. The third kappa shape index (κ3) is 17.0. The summed E-state index contributed by atoms with van der Waals surface area (Å²) in [5.41, 5.74) is 35.8. The Morgan fingerprint density at radius 2 is 0.329 bits per heavy atom. The Morgan fingerprint density at radius 1 is 0.130 bits per heavy atom. The van der Waals surface area contributed by atoms with E-state index in [1.54, 1.807) is 0 Å². The molecule has 0 atom stereocenters. The van der Waals surface area contributed by atoms with Crippen molar-refractivity contribution in [2.75, 3.05) is 0 Å². The largest absolute Gasteiger partial charge is 0.208 e. The van der Waals surface area contributed by atoms with Crippen molar-refractivity contribution in [1.82, 2.24) is 44.9 Å². The first-order chi connectivity index (χ1) is 71.8. The van der Waals surface area contributed by atoms with Crippen molar-refractivity contribution in [3.63, 3.8) is 0 Å². The van der Waals surface area contributed by atoms with E-state index >= 15 is 0 Å². The van der Waals surface area contributed by atoms with Crippen LogP contribution in [-0.4, -0.2) is 44.9 Å². The maximum Gasteiger partial charge on any atom is 0.164 e. The van der Waals surface area contributed by atoms with Gasteiger partial charge in [0.15, 0.2) is 52.4 Å². The fraction of sp³-hybridized carbons (Fsp3) is 0.0444. The molecule has 690 valence electrons. The van der Waals surface area contributed by atoms with Gasteiger partial charge in [-0.05, 0) is 159 Å². The Kier molecular flexibility index (Phi) is 23.3. The first kappa shape index (κ1) is 89.2. The van der Waals surface area contributed by atoms with Gasteiger partial charge in [-0.2, -0.15) is 0 Å². The van der Waals surface area contributed by atoms with Crippen LogP contribution >= 0.6 is 22.7 Å². The molecule has 0 saturated heterocycles. The van der Waals surface area contributed by atoms with Crippen LogP contribution in [0.25, 0.3) is 243 Å². The summed E-state index contributed by atoms with van der Waals surface area (Å²) in [6.45, 7) is 9.37. The average Bonchev–Trinajstić information content (AvgIpc) is 1.58. The van der Waals surface area contributed by atoms with E-state index in [4.69, 9.17) is 44.9 Å². The van der Waals surface area contributed by atoms with Crippen molar-refractivity contribution in [3.05, 3.63) is 514 Å². The first-order valence-electron chi connectivity index (χ1n) is 49.4. The summed E-state index contributed by atoms with van der Waals surface area (Å²) in [5, 5.41) is 5.14. The molecule has 0 aliphatic heterocycles. The van der Waals surface area contributed by atoms with Crippen molar-refractivity contribution in [2.24, 2.45) is 0 Å². The zero-order valence-corrected chi connectivity index (χ0v) is 82.2. The summed E-state index contributed by atoms with van der Waals surface area (Å²) in [7, 11) is 0. The Labute approximate surface area is 856 Å². The standard InChI is InChI=1S/C51H39N3.C45H29N3S.C39H25N3S/c1-50(2)43-21-13-11-19-39(43)41-25-23-34(30-45(41)50)36-27-37(35-24-26-42-40-20-12-14-22-44(40)51(3,4)46(42)31-35)29-38(28-36)49-53-47(32-15-7-5-8-16-32)52-48(54-49)33-17-9-6-10-18-33;1-4-13-30(14-5-1)31-25-27-34(28-26-31)44-46-43(33-17-8-3-9-18-33)47-45(48-44)36-20-10-19-35(29-36)38-22-12-24-40-39-23-11-21-37(41(39)49-42(38)40)32-15-6-2-7-16-32;1-4-12-26(13-5-1)31-18-10-20-33-34-21-11-19-32(36(34)43-35(31)33)27-22-24-30(25-23-27)39-41-37(28-14-6-2-7-15-28)40-38(42-39)29-16-8-3-9-17-29/h5-31H,1-4H3;1-29H;1-25H. The van der Waals surface area contributed by atoms with Crippen molar-refractivity contribution in [1.29, 1.82) is 0 Å². The summed E-state index contributed by atoms with van der Waals surface area (Å²) in [5.74, 6) is 5.89. The van der Waals surface area contributed by atoms with Gasteiger partial charge in [-0.25, -0.2) is 44.9 Å².